The van der Waals surface area contributed by atoms with Crippen LogP contribution < -0.4 is 0 Å². The third-order valence-electron chi connectivity index (χ3n) is 7.81. The highest BCUT2D eigenvalue weighted by Crippen LogP contribution is 2.42. The first-order chi connectivity index (χ1) is 21.9. The highest BCUT2D eigenvalue weighted by Gasteiger charge is 2.25. The molecule has 2 N–H and O–H groups in total. The van der Waals surface area contributed by atoms with Crippen molar-refractivity contribution in [3.63, 3.8) is 0 Å². The smallest absolute Gasteiger partial charge is 0.166 e. The highest BCUT2D eigenvalue weighted by molar-refractivity contribution is 6.43. The Balaban J connectivity index is 1.55. The lowest BCUT2D eigenvalue weighted by molar-refractivity contribution is 1.19. The Kier molecular flexibility index (Phi) is 5.91. The third kappa shape index (κ3) is 4.00. The number of aromatic amines is 2. The second-order valence-electron chi connectivity index (χ2n) is 10.4. The summed E-state index contributed by atoms with van der Waals surface area (Å²) in [6.45, 7) is 0. The minimum atomic E-state index is 0.338. The van der Waals surface area contributed by atoms with Gasteiger partial charge >= 0.3 is 0 Å². The maximum Gasteiger partial charge on any atom is 0.166 e. The molecule has 2 aliphatic heterocycles. The molecule has 0 amide bonds. The zero-order valence-electron chi connectivity index (χ0n) is 22.4. The van der Waals surface area contributed by atoms with Crippen molar-refractivity contribution in [3.05, 3.63) is 91.8 Å². The van der Waals surface area contributed by atoms with E-state index in [1.807, 2.05) is 36.4 Å². The number of hydrogen-bond donors (Lipinski definition) is 2. The normalized spacial score (nSPS) is 12.1. The third-order valence-corrected chi connectivity index (χ3v) is 9.38. The lowest BCUT2D eigenvalue weighted by atomic mass is 10.1. The summed E-state index contributed by atoms with van der Waals surface area (Å²) in [6.07, 6.45) is 0. The first-order valence-electron chi connectivity index (χ1n) is 13.5. The van der Waals surface area contributed by atoms with Crippen LogP contribution in [0.3, 0.4) is 0 Å². The van der Waals surface area contributed by atoms with Gasteiger partial charge in [0.1, 0.15) is 22.6 Å². The van der Waals surface area contributed by atoms with Gasteiger partial charge in [0, 0.05) is 43.8 Å². The summed E-state index contributed by atoms with van der Waals surface area (Å²) >= 11 is 33.7. The van der Waals surface area contributed by atoms with Crippen LogP contribution in [0.25, 0.3) is 89.7 Å². The van der Waals surface area contributed by atoms with Crippen molar-refractivity contribution >= 4 is 102 Å². The molecule has 0 spiro atoms. The van der Waals surface area contributed by atoms with E-state index < -0.39 is 0 Å². The number of benzene rings is 4. The van der Waals surface area contributed by atoms with E-state index in [4.69, 9.17) is 87.9 Å². The zero-order chi connectivity index (χ0) is 30.6. The molecule has 9 rings (SSSR count). The molecule has 0 saturated heterocycles. The van der Waals surface area contributed by atoms with Crippen LogP contribution in [-0.4, -0.2) is 39.9 Å². The fourth-order valence-corrected chi connectivity index (χ4v) is 7.14. The number of H-pyrrole nitrogens is 2. The van der Waals surface area contributed by atoms with Crippen LogP contribution in [0.2, 0.25) is 25.1 Å². The van der Waals surface area contributed by atoms with Crippen LogP contribution in [-0.2, 0) is 0 Å². The van der Waals surface area contributed by atoms with Crippen LogP contribution in [0.4, 0.5) is 0 Å². The number of aromatic nitrogens is 8. The van der Waals surface area contributed by atoms with Gasteiger partial charge < -0.3 is 9.97 Å². The predicted octanol–water partition coefficient (Wildman–Crippen LogP) is 10.1. The van der Waals surface area contributed by atoms with Crippen LogP contribution in [0.5, 0.6) is 0 Å². The lowest BCUT2D eigenvalue weighted by Crippen LogP contribution is -1.84. The Morgan fingerprint density at radius 3 is 1.38 bits per heavy atom. The monoisotopic (exact) mass is 684 g/mol. The average molecular weight is 687 g/mol. The largest absolute Gasteiger partial charge is 0.324 e. The summed E-state index contributed by atoms with van der Waals surface area (Å²) in [4.78, 5) is 36.1. The first-order valence-corrected chi connectivity index (χ1v) is 15.4. The summed E-state index contributed by atoms with van der Waals surface area (Å²) < 4.78 is 0. The molecular weight excluding hydrogens is 674 g/mol. The van der Waals surface area contributed by atoms with E-state index >= 15 is 0 Å². The van der Waals surface area contributed by atoms with E-state index in [-0.39, 0.29) is 0 Å². The van der Waals surface area contributed by atoms with Gasteiger partial charge in [-0.1, -0.05) is 94.4 Å². The molecule has 45 heavy (non-hydrogen) atoms. The maximum atomic E-state index is 6.76. The molecule has 0 saturated carbocycles. The van der Waals surface area contributed by atoms with Crippen molar-refractivity contribution < 1.29 is 0 Å². The van der Waals surface area contributed by atoms with Gasteiger partial charge in [-0.15, -0.1) is 0 Å². The molecule has 216 valence electrons. The molecule has 0 radical (unpaired) electrons. The van der Waals surface area contributed by atoms with Crippen molar-refractivity contribution in [1.29, 1.82) is 0 Å². The molecule has 0 aliphatic carbocycles. The van der Waals surface area contributed by atoms with Crippen LogP contribution in [0.15, 0.2) is 66.7 Å². The second kappa shape index (κ2) is 9.84. The number of nitrogens with one attached hydrogen (secondary N) is 2. The van der Waals surface area contributed by atoms with Crippen molar-refractivity contribution in [2.45, 2.75) is 0 Å². The molecule has 4 aromatic carbocycles. The average Bonchev–Trinajstić information content (AvgIpc) is 3.75. The Morgan fingerprint density at radius 1 is 0.378 bits per heavy atom. The van der Waals surface area contributed by atoms with E-state index in [1.165, 1.54) is 0 Å². The van der Waals surface area contributed by atoms with Gasteiger partial charge in [-0.25, -0.2) is 29.9 Å². The molecule has 13 heteroatoms. The molecule has 0 unspecified atom stereocenters. The molecule has 2 aliphatic rings. The summed E-state index contributed by atoms with van der Waals surface area (Å²) in [5, 5.41) is 4.84. The van der Waals surface area contributed by atoms with E-state index in [0.717, 1.165) is 5.39 Å². The first kappa shape index (κ1) is 27.0. The molecule has 8 bridgehead atoms. The fourth-order valence-electron chi connectivity index (χ4n) is 5.86. The number of fused-ring (bicyclic) bond motifs is 20. The van der Waals surface area contributed by atoms with Crippen molar-refractivity contribution in [2.24, 2.45) is 0 Å². The summed E-state index contributed by atoms with van der Waals surface area (Å²) in [6, 6.07) is 20.0. The Morgan fingerprint density at radius 2 is 0.800 bits per heavy atom. The molecule has 0 atom stereocenters. The Hall–Kier alpha value is -4.31. The molecule has 8 nitrogen and oxygen atoms in total. The quantitative estimate of drug-likeness (QED) is 0.164. The lowest BCUT2D eigenvalue weighted by Gasteiger charge is -2.00. The SMILES string of the molecule is Clc1cccc2c1-c1nc-2nc2[nH]c(nc3nc(nc4[nH]c(n1)c1cccc(Cl)c41)-c1cccc(Cl)c1-3)c1c(Cl)ccc(Cl)c21. The molecular formula is C32H13Cl5N8. The molecule has 7 aromatic rings. The van der Waals surface area contributed by atoms with Crippen molar-refractivity contribution in [1.82, 2.24) is 39.9 Å². The van der Waals surface area contributed by atoms with E-state index in [2.05, 4.69) is 9.97 Å². The van der Waals surface area contributed by atoms with Crippen molar-refractivity contribution in [3.8, 4) is 45.6 Å². The van der Waals surface area contributed by atoms with E-state index in [9.17, 15) is 0 Å². The Labute approximate surface area is 278 Å². The topological polar surface area (TPSA) is 109 Å². The molecule has 3 aromatic heterocycles. The Bertz CT molecular complexity index is 2620. The van der Waals surface area contributed by atoms with Crippen LogP contribution in [0, 0.1) is 0 Å². The van der Waals surface area contributed by atoms with Gasteiger partial charge in [0.15, 0.2) is 23.3 Å². The van der Waals surface area contributed by atoms with Crippen LogP contribution in [0.1, 0.15) is 0 Å². The summed E-state index contributed by atoms with van der Waals surface area (Å²) in [5.74, 6) is 1.47. The zero-order valence-corrected chi connectivity index (χ0v) is 26.2. The van der Waals surface area contributed by atoms with Crippen molar-refractivity contribution in [2.75, 3.05) is 0 Å². The van der Waals surface area contributed by atoms with Gasteiger partial charge in [0.25, 0.3) is 0 Å². The van der Waals surface area contributed by atoms with E-state index in [1.54, 1.807) is 30.3 Å². The number of rotatable bonds is 0. The molecule has 0 fully saturated rings. The number of hydrogen-bond acceptors (Lipinski definition) is 6. The highest BCUT2D eigenvalue weighted by atomic mass is 35.5. The van der Waals surface area contributed by atoms with Gasteiger partial charge in [0.2, 0.25) is 0 Å². The van der Waals surface area contributed by atoms with Gasteiger partial charge in [-0.3, -0.25) is 0 Å². The minimum Gasteiger partial charge on any atom is -0.324 e. The van der Waals surface area contributed by atoms with Gasteiger partial charge in [0.05, 0.1) is 25.1 Å². The summed E-state index contributed by atoms with van der Waals surface area (Å²) in [5.41, 5.74) is 4.40. The van der Waals surface area contributed by atoms with E-state index in [0.29, 0.717) is 109 Å². The molecule has 5 heterocycles. The van der Waals surface area contributed by atoms with Crippen LogP contribution >= 0.6 is 58.0 Å². The maximum absolute atomic E-state index is 6.76. The summed E-state index contributed by atoms with van der Waals surface area (Å²) in [7, 11) is 0. The van der Waals surface area contributed by atoms with Gasteiger partial charge in [-0.05, 0) is 30.3 Å². The number of nitrogens with zero attached hydrogens (tertiary/aromatic N) is 6. The van der Waals surface area contributed by atoms with Gasteiger partial charge in [-0.2, -0.15) is 0 Å². The minimum absolute atomic E-state index is 0.338. The fraction of sp³-hybridized carbons (Fsp3) is 0. The number of halogens is 5. The standard InChI is InChI=1S/C32H13Cl5N8/c33-15-7-1-4-12-20(15)28-38-25(12)39-29-21-13(5-2-8-16(21)34)27(41-29)43-31-23-18(36)10-11-19(37)24(23)32(45-31)44-30-22-14(26(40-28)42-30)6-3-9-17(22)35/h1-11H,(H2,38,39,40,41,42,43,44,45). The second-order valence-corrected chi connectivity index (χ2v) is 12.4. The predicted molar refractivity (Wildman–Crippen MR) is 181 cm³/mol.